The van der Waals surface area contributed by atoms with Crippen molar-refractivity contribution in [1.29, 1.82) is 0 Å². The van der Waals surface area contributed by atoms with Crippen LogP contribution in [0.25, 0.3) is 10.9 Å². The van der Waals surface area contributed by atoms with E-state index in [-0.39, 0.29) is 5.82 Å². The van der Waals surface area contributed by atoms with E-state index in [1.807, 2.05) is 31.2 Å². The molecule has 2 aromatic carbocycles. The topological polar surface area (TPSA) is 49.8 Å². The van der Waals surface area contributed by atoms with Gasteiger partial charge in [-0.25, -0.2) is 9.37 Å². The second kappa shape index (κ2) is 5.36. The number of halogens is 1. The van der Waals surface area contributed by atoms with Crippen LogP contribution in [0, 0.1) is 12.7 Å². The molecule has 0 aliphatic rings. The summed E-state index contributed by atoms with van der Waals surface area (Å²) in [6.45, 7) is 1.85. The molecule has 5 heteroatoms. The van der Waals surface area contributed by atoms with Gasteiger partial charge in [0.1, 0.15) is 11.6 Å². The minimum atomic E-state index is -0.249. The van der Waals surface area contributed by atoms with E-state index in [1.165, 1.54) is 12.1 Å². The predicted molar refractivity (Wildman–Crippen MR) is 83.5 cm³/mol. The lowest BCUT2D eigenvalue weighted by Crippen LogP contribution is -2.02. The molecule has 21 heavy (non-hydrogen) atoms. The first-order valence-electron chi connectivity index (χ1n) is 6.65. The first kappa shape index (κ1) is 13.3. The van der Waals surface area contributed by atoms with Crippen LogP contribution in [0.3, 0.4) is 0 Å². The molecule has 0 saturated heterocycles. The molecule has 1 aromatic heterocycles. The van der Waals surface area contributed by atoms with Crippen LogP contribution >= 0.6 is 0 Å². The molecule has 0 radical (unpaired) electrons. The van der Waals surface area contributed by atoms with Crippen molar-refractivity contribution < 1.29 is 4.39 Å². The number of nitrogens with one attached hydrogen (secondary N) is 2. The third kappa shape index (κ3) is 2.63. The summed E-state index contributed by atoms with van der Waals surface area (Å²) in [5.74, 6) is 0.983. The van der Waals surface area contributed by atoms with E-state index < -0.39 is 0 Å². The zero-order valence-electron chi connectivity index (χ0n) is 11.8. The predicted octanol–water partition coefficient (Wildman–Crippen LogP) is 3.86. The van der Waals surface area contributed by atoms with Crippen molar-refractivity contribution in [2.45, 2.75) is 6.92 Å². The summed E-state index contributed by atoms with van der Waals surface area (Å²) >= 11 is 0. The molecule has 0 spiro atoms. The fourth-order valence-corrected chi connectivity index (χ4v) is 2.18. The first-order chi connectivity index (χ1) is 10.2. The van der Waals surface area contributed by atoms with Crippen LogP contribution in [0.4, 0.5) is 21.8 Å². The summed E-state index contributed by atoms with van der Waals surface area (Å²) in [5.41, 5.74) is 2.49. The van der Waals surface area contributed by atoms with Gasteiger partial charge < -0.3 is 10.6 Å². The zero-order valence-corrected chi connectivity index (χ0v) is 11.8. The summed E-state index contributed by atoms with van der Waals surface area (Å²) in [6.07, 6.45) is 0. The number of aromatic nitrogens is 2. The SMILES string of the molecule is CNc1nc(Nc2ccc(F)cc2C)c2ccccc2n1. The number of fused-ring (bicyclic) bond motifs is 1. The molecule has 0 saturated carbocycles. The maximum Gasteiger partial charge on any atom is 0.224 e. The van der Waals surface area contributed by atoms with E-state index in [0.717, 1.165) is 22.2 Å². The van der Waals surface area contributed by atoms with E-state index in [1.54, 1.807) is 13.1 Å². The number of rotatable bonds is 3. The van der Waals surface area contributed by atoms with Crippen molar-refractivity contribution in [3.8, 4) is 0 Å². The Morgan fingerprint density at radius 1 is 1.05 bits per heavy atom. The van der Waals surface area contributed by atoms with Crippen LogP contribution in [-0.2, 0) is 0 Å². The fourth-order valence-electron chi connectivity index (χ4n) is 2.18. The van der Waals surface area contributed by atoms with Gasteiger partial charge in [0.15, 0.2) is 0 Å². The van der Waals surface area contributed by atoms with Crippen molar-refractivity contribution in [2.75, 3.05) is 17.7 Å². The largest absolute Gasteiger partial charge is 0.357 e. The fraction of sp³-hybridized carbons (Fsp3) is 0.125. The van der Waals surface area contributed by atoms with Gasteiger partial charge in [0.2, 0.25) is 5.95 Å². The number of benzene rings is 2. The molecule has 4 nitrogen and oxygen atoms in total. The Hall–Kier alpha value is -2.69. The first-order valence-corrected chi connectivity index (χ1v) is 6.65. The number of para-hydroxylation sites is 1. The summed E-state index contributed by atoms with van der Waals surface area (Å²) in [5, 5.41) is 7.12. The molecule has 0 bridgehead atoms. The van der Waals surface area contributed by atoms with Crippen molar-refractivity contribution in [1.82, 2.24) is 9.97 Å². The van der Waals surface area contributed by atoms with Crippen LogP contribution in [0.2, 0.25) is 0 Å². The third-order valence-electron chi connectivity index (χ3n) is 3.27. The van der Waals surface area contributed by atoms with Crippen LogP contribution in [0.1, 0.15) is 5.56 Å². The Bertz CT molecular complexity index is 801. The van der Waals surface area contributed by atoms with Gasteiger partial charge in [0.25, 0.3) is 0 Å². The van der Waals surface area contributed by atoms with Crippen molar-refractivity contribution >= 4 is 28.4 Å². The van der Waals surface area contributed by atoms with Crippen LogP contribution in [0.5, 0.6) is 0 Å². The van der Waals surface area contributed by atoms with Gasteiger partial charge in [0.05, 0.1) is 5.52 Å². The van der Waals surface area contributed by atoms with E-state index in [2.05, 4.69) is 20.6 Å². The highest BCUT2D eigenvalue weighted by Crippen LogP contribution is 2.26. The van der Waals surface area contributed by atoms with Crippen LogP contribution in [-0.4, -0.2) is 17.0 Å². The molecular formula is C16H15FN4. The van der Waals surface area contributed by atoms with Crippen molar-refractivity contribution in [3.05, 3.63) is 53.8 Å². The Balaban J connectivity index is 2.10. The Kier molecular flexibility index (Phi) is 3.39. The normalized spacial score (nSPS) is 10.6. The quantitative estimate of drug-likeness (QED) is 0.766. The minimum absolute atomic E-state index is 0.249. The molecule has 0 atom stereocenters. The van der Waals surface area contributed by atoms with Crippen LogP contribution in [0.15, 0.2) is 42.5 Å². The molecule has 0 fully saturated rings. The smallest absolute Gasteiger partial charge is 0.224 e. The second-order valence-electron chi connectivity index (χ2n) is 4.75. The minimum Gasteiger partial charge on any atom is -0.357 e. The van der Waals surface area contributed by atoms with Crippen LogP contribution < -0.4 is 10.6 Å². The lowest BCUT2D eigenvalue weighted by Gasteiger charge is -2.12. The molecule has 1 heterocycles. The maximum absolute atomic E-state index is 13.2. The summed E-state index contributed by atoms with van der Waals surface area (Å²) < 4.78 is 13.2. The number of anilines is 3. The summed E-state index contributed by atoms with van der Waals surface area (Å²) in [6, 6.07) is 12.4. The highest BCUT2D eigenvalue weighted by molar-refractivity contribution is 5.91. The maximum atomic E-state index is 13.2. The van der Waals surface area contributed by atoms with Crippen molar-refractivity contribution in [2.24, 2.45) is 0 Å². The Labute approximate surface area is 122 Å². The monoisotopic (exact) mass is 282 g/mol. The summed E-state index contributed by atoms with van der Waals surface area (Å²) in [7, 11) is 1.77. The average Bonchev–Trinajstić information content (AvgIpc) is 2.49. The summed E-state index contributed by atoms with van der Waals surface area (Å²) in [4.78, 5) is 8.86. The molecular weight excluding hydrogens is 267 g/mol. The Morgan fingerprint density at radius 2 is 1.86 bits per heavy atom. The van der Waals surface area contributed by atoms with Gasteiger partial charge in [-0.1, -0.05) is 12.1 Å². The molecule has 0 amide bonds. The molecule has 0 aliphatic carbocycles. The lowest BCUT2D eigenvalue weighted by molar-refractivity contribution is 0.627. The van der Waals surface area contributed by atoms with Gasteiger partial charge in [-0.3, -0.25) is 0 Å². The third-order valence-corrected chi connectivity index (χ3v) is 3.27. The number of nitrogens with zero attached hydrogens (tertiary/aromatic N) is 2. The van der Waals surface area contributed by atoms with Gasteiger partial charge in [-0.15, -0.1) is 0 Å². The highest BCUT2D eigenvalue weighted by Gasteiger charge is 2.08. The molecule has 0 unspecified atom stereocenters. The number of aryl methyl sites for hydroxylation is 1. The van der Waals surface area contributed by atoms with Gasteiger partial charge in [-0.05, 0) is 42.8 Å². The zero-order chi connectivity index (χ0) is 14.8. The van der Waals surface area contributed by atoms with Gasteiger partial charge in [0, 0.05) is 18.1 Å². The van der Waals surface area contributed by atoms with E-state index in [0.29, 0.717) is 11.8 Å². The number of hydrogen-bond acceptors (Lipinski definition) is 4. The molecule has 3 aromatic rings. The second-order valence-corrected chi connectivity index (χ2v) is 4.75. The van der Waals surface area contributed by atoms with E-state index in [4.69, 9.17) is 0 Å². The number of hydrogen-bond donors (Lipinski definition) is 2. The highest BCUT2D eigenvalue weighted by atomic mass is 19.1. The molecule has 0 aliphatic heterocycles. The molecule has 3 rings (SSSR count). The Morgan fingerprint density at radius 3 is 2.62 bits per heavy atom. The van der Waals surface area contributed by atoms with Gasteiger partial charge in [-0.2, -0.15) is 4.98 Å². The average molecular weight is 282 g/mol. The lowest BCUT2D eigenvalue weighted by atomic mass is 10.2. The van der Waals surface area contributed by atoms with Crippen molar-refractivity contribution in [3.63, 3.8) is 0 Å². The molecule has 106 valence electrons. The van der Waals surface area contributed by atoms with E-state index >= 15 is 0 Å². The van der Waals surface area contributed by atoms with E-state index in [9.17, 15) is 4.39 Å². The molecule has 2 N–H and O–H groups in total. The standard InChI is InChI=1S/C16H15FN4/c1-10-9-11(17)7-8-13(10)19-15-12-5-3-4-6-14(12)20-16(18-2)21-15/h3-9H,1-2H3,(H2,18,19,20,21). The van der Waals surface area contributed by atoms with Gasteiger partial charge >= 0.3 is 0 Å².